The van der Waals surface area contributed by atoms with Crippen LogP contribution in [0.3, 0.4) is 0 Å². The van der Waals surface area contributed by atoms with E-state index in [1.165, 1.54) is 6.07 Å². The second-order valence-electron chi connectivity index (χ2n) is 12.2. The predicted molar refractivity (Wildman–Crippen MR) is 161 cm³/mol. The summed E-state index contributed by atoms with van der Waals surface area (Å²) < 4.78 is 30.0. The van der Waals surface area contributed by atoms with Gasteiger partial charge in [-0.3, -0.25) is 4.90 Å². The molecule has 6 nitrogen and oxygen atoms in total. The van der Waals surface area contributed by atoms with Gasteiger partial charge in [0, 0.05) is 18.0 Å². The smallest absolute Gasteiger partial charge is 0.224 e. The summed E-state index contributed by atoms with van der Waals surface area (Å²) >= 11 is 0. The first-order chi connectivity index (χ1) is 19.8. The van der Waals surface area contributed by atoms with Crippen LogP contribution in [-0.4, -0.2) is 19.7 Å². The van der Waals surface area contributed by atoms with Gasteiger partial charge in [-0.2, -0.15) is 19.0 Å². The zero-order chi connectivity index (χ0) is 30.2. The number of halogens is 2. The lowest BCUT2D eigenvalue weighted by Crippen LogP contribution is -2.20. The van der Waals surface area contributed by atoms with Gasteiger partial charge in [0.15, 0.2) is 5.82 Å². The Labute approximate surface area is 244 Å². The first-order valence-electron chi connectivity index (χ1n) is 13.7. The highest BCUT2D eigenvalue weighted by atomic mass is 19.1. The van der Waals surface area contributed by atoms with Crippen molar-refractivity contribution in [3.63, 3.8) is 0 Å². The van der Waals surface area contributed by atoms with E-state index in [2.05, 4.69) is 70.8 Å². The minimum Gasteiger partial charge on any atom is -0.277 e. The number of pyridine rings is 2. The molecule has 0 bridgehead atoms. The third-order valence-corrected chi connectivity index (χ3v) is 7.01. The van der Waals surface area contributed by atoms with E-state index in [1.54, 1.807) is 28.9 Å². The van der Waals surface area contributed by atoms with Crippen molar-refractivity contribution in [3.05, 3.63) is 114 Å². The summed E-state index contributed by atoms with van der Waals surface area (Å²) in [6.45, 7) is 13.0. The molecule has 0 saturated heterocycles. The Hall–Kier alpha value is -4.90. The molecule has 0 fully saturated rings. The van der Waals surface area contributed by atoms with Crippen molar-refractivity contribution >= 4 is 17.3 Å². The number of anilines is 3. The summed E-state index contributed by atoms with van der Waals surface area (Å²) in [6, 6.07) is 25.4. The zero-order valence-corrected chi connectivity index (χ0v) is 24.5. The summed E-state index contributed by atoms with van der Waals surface area (Å²) in [5.41, 5.74) is 4.50. The monoisotopic (exact) mass is 562 g/mol. The lowest BCUT2D eigenvalue weighted by molar-refractivity contribution is 0.515. The van der Waals surface area contributed by atoms with Crippen LogP contribution in [-0.2, 0) is 10.8 Å². The summed E-state index contributed by atoms with van der Waals surface area (Å²) in [5, 5.41) is 14.3. The fourth-order valence-electron chi connectivity index (χ4n) is 4.58. The molecule has 0 aliphatic rings. The highest BCUT2D eigenvalue weighted by Crippen LogP contribution is 2.39. The number of aromatic nitrogens is 4. The Kier molecular flexibility index (Phi) is 7.38. The van der Waals surface area contributed by atoms with Crippen LogP contribution in [0.2, 0.25) is 0 Å². The number of benzene rings is 2. The molecule has 212 valence electrons. The molecule has 0 unspecified atom stereocenters. The average Bonchev–Trinajstić information content (AvgIpc) is 3.42. The van der Waals surface area contributed by atoms with Crippen molar-refractivity contribution in [2.24, 2.45) is 0 Å². The minimum atomic E-state index is -0.933. The van der Waals surface area contributed by atoms with Gasteiger partial charge in [-0.15, -0.1) is 5.10 Å². The molecule has 3 heterocycles. The molecule has 2 aromatic carbocycles. The number of hydrogen-bond donors (Lipinski definition) is 0. The topological polar surface area (TPSA) is 70.6 Å². The van der Waals surface area contributed by atoms with Gasteiger partial charge in [0.2, 0.25) is 11.9 Å². The number of nitrogens with zero attached hydrogens (tertiary/aromatic N) is 6. The van der Waals surface area contributed by atoms with Crippen LogP contribution in [0.1, 0.15) is 58.2 Å². The predicted octanol–water partition coefficient (Wildman–Crippen LogP) is 8.54. The molecule has 0 amide bonds. The van der Waals surface area contributed by atoms with Gasteiger partial charge in [-0.1, -0.05) is 59.7 Å². The standard InChI is InChI=1S/C34H32F2N6/c1-33(2,3)23-18-24(34(4,5)6)20-26(19-23)42(31-15-16-41(40-31)25-10-7-9-22(17-25)21-37)30-12-8-11-28(38-30)27-13-14-29(35)39-32(27)36/h7-20H,1-6H3. The number of hydrogen-bond acceptors (Lipinski definition) is 5. The van der Waals surface area contributed by atoms with Crippen LogP contribution in [0.5, 0.6) is 0 Å². The van der Waals surface area contributed by atoms with Gasteiger partial charge in [0.05, 0.1) is 28.6 Å². The van der Waals surface area contributed by atoms with Gasteiger partial charge in [0.1, 0.15) is 5.82 Å². The van der Waals surface area contributed by atoms with Crippen molar-refractivity contribution in [2.45, 2.75) is 52.4 Å². The highest BCUT2D eigenvalue weighted by Gasteiger charge is 2.25. The van der Waals surface area contributed by atoms with Crippen LogP contribution in [0, 0.1) is 23.2 Å². The van der Waals surface area contributed by atoms with Crippen LogP contribution < -0.4 is 4.90 Å². The SMILES string of the molecule is CC(C)(C)c1cc(N(c2cccc(-c3ccc(F)nc3F)n2)c2ccn(-c3cccc(C#N)c3)n2)cc(C(C)(C)C)c1. The second kappa shape index (κ2) is 10.8. The quantitative estimate of drug-likeness (QED) is 0.201. The zero-order valence-electron chi connectivity index (χ0n) is 24.5. The highest BCUT2D eigenvalue weighted by molar-refractivity contribution is 5.75. The maximum absolute atomic E-state index is 14.7. The summed E-state index contributed by atoms with van der Waals surface area (Å²) in [5.74, 6) is -0.754. The molecule has 42 heavy (non-hydrogen) atoms. The van der Waals surface area contributed by atoms with E-state index in [9.17, 15) is 14.0 Å². The van der Waals surface area contributed by atoms with Crippen molar-refractivity contribution < 1.29 is 8.78 Å². The van der Waals surface area contributed by atoms with Gasteiger partial charge in [-0.05, 0) is 76.6 Å². The molecule has 3 aromatic heterocycles. The molecule has 0 saturated carbocycles. The number of nitriles is 1. The molecule has 5 rings (SSSR count). The Balaban J connectivity index is 1.73. The van der Waals surface area contributed by atoms with E-state index in [0.29, 0.717) is 22.9 Å². The fourth-order valence-corrected chi connectivity index (χ4v) is 4.58. The first kappa shape index (κ1) is 28.6. The lowest BCUT2D eigenvalue weighted by atomic mass is 9.80. The maximum atomic E-state index is 14.7. The third kappa shape index (κ3) is 5.91. The van der Waals surface area contributed by atoms with Gasteiger partial charge in [-0.25, -0.2) is 9.67 Å². The van der Waals surface area contributed by atoms with E-state index >= 15 is 0 Å². The summed E-state index contributed by atoms with van der Waals surface area (Å²) in [7, 11) is 0. The molecule has 8 heteroatoms. The van der Waals surface area contributed by atoms with Crippen molar-refractivity contribution in [3.8, 4) is 23.0 Å². The molecular formula is C34H32F2N6. The van der Waals surface area contributed by atoms with Gasteiger partial charge >= 0.3 is 0 Å². The number of rotatable bonds is 5. The molecule has 0 aliphatic carbocycles. The molecule has 0 N–H and O–H groups in total. The Morgan fingerprint density at radius 3 is 2.10 bits per heavy atom. The molecular weight excluding hydrogens is 530 g/mol. The molecule has 0 aliphatic heterocycles. The van der Waals surface area contributed by atoms with Crippen molar-refractivity contribution in [1.29, 1.82) is 5.26 Å². The Morgan fingerprint density at radius 2 is 1.45 bits per heavy atom. The normalized spacial score (nSPS) is 11.8. The van der Waals surface area contributed by atoms with Crippen LogP contribution in [0.4, 0.5) is 26.1 Å². The molecule has 5 aromatic rings. The van der Waals surface area contributed by atoms with Crippen molar-refractivity contribution in [2.75, 3.05) is 4.90 Å². The van der Waals surface area contributed by atoms with Gasteiger partial charge < -0.3 is 0 Å². The van der Waals surface area contributed by atoms with Crippen LogP contribution in [0.15, 0.2) is 85.1 Å². The van der Waals surface area contributed by atoms with E-state index in [-0.39, 0.29) is 16.4 Å². The second-order valence-corrected chi connectivity index (χ2v) is 12.2. The summed E-state index contributed by atoms with van der Waals surface area (Å²) in [4.78, 5) is 10.1. The van der Waals surface area contributed by atoms with E-state index in [1.807, 2.05) is 35.4 Å². The minimum absolute atomic E-state index is 0.0934. The molecule has 0 spiro atoms. The molecule has 0 atom stereocenters. The van der Waals surface area contributed by atoms with Crippen LogP contribution in [0.25, 0.3) is 16.9 Å². The maximum Gasteiger partial charge on any atom is 0.224 e. The third-order valence-electron chi connectivity index (χ3n) is 7.01. The average molecular weight is 563 g/mol. The van der Waals surface area contributed by atoms with Crippen molar-refractivity contribution in [1.82, 2.24) is 19.7 Å². The largest absolute Gasteiger partial charge is 0.277 e. The summed E-state index contributed by atoms with van der Waals surface area (Å²) in [6.07, 6.45) is 1.82. The van der Waals surface area contributed by atoms with E-state index < -0.39 is 11.9 Å². The molecule has 0 radical (unpaired) electrons. The van der Waals surface area contributed by atoms with E-state index in [4.69, 9.17) is 10.1 Å². The Morgan fingerprint density at radius 1 is 0.762 bits per heavy atom. The van der Waals surface area contributed by atoms with Gasteiger partial charge in [0.25, 0.3) is 0 Å². The lowest BCUT2D eigenvalue weighted by Gasteiger charge is -2.29. The fraction of sp³-hybridized carbons (Fsp3) is 0.235. The van der Waals surface area contributed by atoms with E-state index in [0.717, 1.165) is 28.6 Å². The van der Waals surface area contributed by atoms with Crippen LogP contribution >= 0.6 is 0 Å². The Bertz CT molecular complexity index is 1770. The first-order valence-corrected chi connectivity index (χ1v) is 13.7.